The van der Waals surface area contributed by atoms with Crippen LogP contribution in [0.3, 0.4) is 0 Å². The quantitative estimate of drug-likeness (QED) is 0.850. The number of amides is 1. The SMILES string of the molecule is CC(=O)C1CCCCC1N=C1NC(=O)C(C)(C(F)(F)F)S1. The Bertz CT molecular complexity index is 492. The second-order valence-electron chi connectivity index (χ2n) is 5.59. The monoisotopic (exact) mass is 322 g/mol. The number of rotatable bonds is 2. The Kier molecular flexibility index (Phi) is 4.37. The van der Waals surface area contributed by atoms with Crippen molar-refractivity contribution in [1.29, 1.82) is 0 Å². The highest BCUT2D eigenvalue weighted by atomic mass is 32.2. The number of amidine groups is 1. The van der Waals surface area contributed by atoms with E-state index in [1.54, 1.807) is 0 Å². The van der Waals surface area contributed by atoms with Gasteiger partial charge in [0, 0.05) is 5.92 Å². The average Bonchev–Trinajstić information content (AvgIpc) is 2.65. The van der Waals surface area contributed by atoms with Crippen molar-refractivity contribution in [2.75, 3.05) is 0 Å². The largest absolute Gasteiger partial charge is 0.412 e. The van der Waals surface area contributed by atoms with E-state index in [0.29, 0.717) is 24.6 Å². The van der Waals surface area contributed by atoms with Gasteiger partial charge in [0.2, 0.25) is 0 Å². The van der Waals surface area contributed by atoms with E-state index < -0.39 is 16.8 Å². The summed E-state index contributed by atoms with van der Waals surface area (Å²) in [7, 11) is 0. The van der Waals surface area contributed by atoms with Crippen LogP contribution in [0, 0.1) is 5.92 Å². The minimum absolute atomic E-state index is 0.00282. The van der Waals surface area contributed by atoms with Gasteiger partial charge in [0.15, 0.2) is 9.91 Å². The van der Waals surface area contributed by atoms with Crippen LogP contribution >= 0.6 is 11.8 Å². The van der Waals surface area contributed by atoms with E-state index in [-0.39, 0.29) is 22.9 Å². The number of carbonyl (C=O) groups is 2. The van der Waals surface area contributed by atoms with Crippen molar-refractivity contribution in [1.82, 2.24) is 5.32 Å². The Balaban J connectivity index is 2.19. The van der Waals surface area contributed by atoms with Crippen LogP contribution in [-0.4, -0.2) is 33.8 Å². The van der Waals surface area contributed by atoms with Crippen LogP contribution in [0.1, 0.15) is 39.5 Å². The highest BCUT2D eigenvalue weighted by molar-refractivity contribution is 8.16. The molecule has 0 aromatic rings. The Morgan fingerprint density at radius 1 is 1.38 bits per heavy atom. The molecule has 21 heavy (non-hydrogen) atoms. The van der Waals surface area contributed by atoms with Crippen molar-refractivity contribution in [2.24, 2.45) is 10.9 Å². The third kappa shape index (κ3) is 3.09. The predicted molar refractivity (Wildman–Crippen MR) is 74.1 cm³/mol. The van der Waals surface area contributed by atoms with Gasteiger partial charge in [-0.15, -0.1) is 0 Å². The molecular formula is C13H17F3N2O2S. The van der Waals surface area contributed by atoms with E-state index in [1.165, 1.54) is 6.92 Å². The van der Waals surface area contributed by atoms with E-state index in [2.05, 4.69) is 10.3 Å². The molecule has 3 unspecified atom stereocenters. The van der Waals surface area contributed by atoms with Crippen LogP contribution in [0.15, 0.2) is 4.99 Å². The third-order valence-corrected chi connectivity index (χ3v) is 5.26. The van der Waals surface area contributed by atoms with Gasteiger partial charge in [-0.2, -0.15) is 13.2 Å². The molecule has 2 rings (SSSR count). The minimum Gasteiger partial charge on any atom is -0.304 e. The lowest BCUT2D eigenvalue weighted by Crippen LogP contribution is -2.46. The number of Topliss-reactive ketones (excluding diaryl/α,β-unsaturated/α-hetero) is 1. The zero-order chi connectivity index (χ0) is 15.8. The first-order valence-corrected chi connectivity index (χ1v) is 7.62. The lowest BCUT2D eigenvalue weighted by molar-refractivity contribution is -0.166. The third-order valence-electron chi connectivity index (χ3n) is 4.03. The summed E-state index contributed by atoms with van der Waals surface area (Å²) in [6.07, 6.45) is -1.48. The van der Waals surface area contributed by atoms with Gasteiger partial charge in [-0.3, -0.25) is 14.6 Å². The molecule has 1 saturated heterocycles. The zero-order valence-electron chi connectivity index (χ0n) is 11.8. The molecule has 1 amide bonds. The highest BCUT2D eigenvalue weighted by Crippen LogP contribution is 2.45. The van der Waals surface area contributed by atoms with Crippen LogP contribution < -0.4 is 5.32 Å². The Morgan fingerprint density at radius 3 is 2.52 bits per heavy atom. The molecule has 118 valence electrons. The van der Waals surface area contributed by atoms with Crippen molar-refractivity contribution in [3.8, 4) is 0 Å². The molecular weight excluding hydrogens is 305 g/mol. The number of hydrogen-bond donors (Lipinski definition) is 1. The molecule has 0 bridgehead atoms. The summed E-state index contributed by atoms with van der Waals surface area (Å²) in [6.45, 7) is 2.32. The highest BCUT2D eigenvalue weighted by Gasteiger charge is 2.61. The van der Waals surface area contributed by atoms with E-state index in [4.69, 9.17) is 0 Å². The Morgan fingerprint density at radius 2 is 2.00 bits per heavy atom. The summed E-state index contributed by atoms with van der Waals surface area (Å²) in [4.78, 5) is 27.4. The van der Waals surface area contributed by atoms with Crippen molar-refractivity contribution in [3.05, 3.63) is 0 Å². The average molecular weight is 322 g/mol. The number of alkyl halides is 3. The molecule has 2 fully saturated rings. The Hall–Kier alpha value is -1.05. The standard InChI is InChI=1S/C13H17F3N2O2S/c1-7(19)8-5-3-4-6-9(8)17-11-18-10(20)12(2,21-11)13(14,15)16/h8-9H,3-6H2,1-2H3,(H,17,18,20). The van der Waals surface area contributed by atoms with Gasteiger partial charge in [0.05, 0.1) is 6.04 Å². The van der Waals surface area contributed by atoms with Crippen LogP contribution in [0.4, 0.5) is 13.2 Å². The van der Waals surface area contributed by atoms with Crippen LogP contribution in [0.2, 0.25) is 0 Å². The number of nitrogens with one attached hydrogen (secondary N) is 1. The molecule has 0 spiro atoms. The fourth-order valence-electron chi connectivity index (χ4n) is 2.62. The lowest BCUT2D eigenvalue weighted by Gasteiger charge is -2.27. The van der Waals surface area contributed by atoms with Gasteiger partial charge in [0.25, 0.3) is 5.91 Å². The normalized spacial score (nSPS) is 35.9. The van der Waals surface area contributed by atoms with Crippen LogP contribution in [0.5, 0.6) is 0 Å². The summed E-state index contributed by atoms with van der Waals surface area (Å²) < 4.78 is 36.4. The molecule has 1 saturated carbocycles. The topological polar surface area (TPSA) is 58.5 Å². The van der Waals surface area contributed by atoms with Crippen LogP contribution in [-0.2, 0) is 9.59 Å². The summed E-state index contributed by atoms with van der Waals surface area (Å²) in [5.41, 5.74) is 0. The van der Waals surface area contributed by atoms with E-state index >= 15 is 0 Å². The van der Waals surface area contributed by atoms with Crippen LogP contribution in [0.25, 0.3) is 0 Å². The van der Waals surface area contributed by atoms with Crippen molar-refractivity contribution >= 4 is 28.6 Å². The van der Waals surface area contributed by atoms with E-state index in [1.807, 2.05) is 0 Å². The molecule has 1 aliphatic heterocycles. The molecule has 0 radical (unpaired) electrons. The van der Waals surface area contributed by atoms with Crippen molar-refractivity contribution in [2.45, 2.75) is 56.5 Å². The number of nitrogens with zero attached hydrogens (tertiary/aromatic N) is 1. The van der Waals surface area contributed by atoms with E-state index in [0.717, 1.165) is 19.8 Å². The smallest absolute Gasteiger partial charge is 0.304 e. The fraction of sp³-hybridized carbons (Fsp3) is 0.769. The second-order valence-corrected chi connectivity index (χ2v) is 7.00. The van der Waals surface area contributed by atoms with Gasteiger partial charge < -0.3 is 5.32 Å². The zero-order valence-corrected chi connectivity index (χ0v) is 12.6. The maximum absolute atomic E-state index is 13.0. The molecule has 1 heterocycles. The number of ketones is 1. The first-order valence-electron chi connectivity index (χ1n) is 6.80. The molecule has 0 aromatic heterocycles. The van der Waals surface area contributed by atoms with Gasteiger partial charge in [-0.05, 0) is 26.7 Å². The summed E-state index contributed by atoms with van der Waals surface area (Å²) >= 11 is 0.388. The molecule has 1 N–H and O–H groups in total. The number of hydrogen-bond acceptors (Lipinski definition) is 4. The van der Waals surface area contributed by atoms with Crippen molar-refractivity contribution < 1.29 is 22.8 Å². The minimum atomic E-state index is -4.65. The number of thioether (sulfide) groups is 1. The van der Waals surface area contributed by atoms with E-state index in [9.17, 15) is 22.8 Å². The number of halogens is 3. The molecule has 4 nitrogen and oxygen atoms in total. The maximum atomic E-state index is 13.0. The van der Waals surface area contributed by atoms with Gasteiger partial charge >= 0.3 is 6.18 Å². The molecule has 0 aromatic carbocycles. The Labute approximate surface area is 124 Å². The first-order chi connectivity index (χ1) is 9.65. The number of carbonyl (C=O) groups excluding carboxylic acids is 2. The van der Waals surface area contributed by atoms with Crippen molar-refractivity contribution in [3.63, 3.8) is 0 Å². The number of aliphatic imine (C=N–C) groups is 1. The summed E-state index contributed by atoms with van der Waals surface area (Å²) in [5.74, 6) is -1.37. The molecule has 8 heteroatoms. The van der Waals surface area contributed by atoms with Gasteiger partial charge in [0.1, 0.15) is 5.78 Å². The summed E-state index contributed by atoms with van der Waals surface area (Å²) in [5, 5.41) is 2.17. The predicted octanol–water partition coefficient (Wildman–Crippen LogP) is 2.67. The second kappa shape index (κ2) is 5.62. The van der Waals surface area contributed by atoms with Gasteiger partial charge in [-0.25, -0.2) is 0 Å². The van der Waals surface area contributed by atoms with Gasteiger partial charge in [-0.1, -0.05) is 24.6 Å². The molecule has 2 aliphatic rings. The first kappa shape index (κ1) is 16.3. The summed E-state index contributed by atoms with van der Waals surface area (Å²) in [6, 6.07) is -0.338. The fourth-order valence-corrected chi connectivity index (χ4v) is 3.60. The lowest BCUT2D eigenvalue weighted by atomic mass is 9.82. The molecule has 3 atom stereocenters. The molecule has 1 aliphatic carbocycles. The maximum Gasteiger partial charge on any atom is 0.412 e.